The third-order valence-electron chi connectivity index (χ3n) is 5.29. The number of hydrogen-bond donors (Lipinski definition) is 3. The van der Waals surface area contributed by atoms with E-state index in [0.29, 0.717) is 24.4 Å². The van der Waals surface area contributed by atoms with E-state index in [2.05, 4.69) is 10.6 Å². The smallest absolute Gasteiger partial charge is 0.251 e. The molecule has 0 spiro atoms. The number of amides is 3. The highest BCUT2D eigenvalue weighted by molar-refractivity contribution is 6.03. The number of nitrogens with two attached hydrogens (primary N) is 1. The first kappa shape index (κ1) is 17.6. The van der Waals surface area contributed by atoms with Gasteiger partial charge in [-0.25, -0.2) is 0 Å². The molecule has 1 heterocycles. The molecule has 25 heavy (non-hydrogen) atoms. The molecule has 1 aromatic carbocycles. The zero-order valence-electron chi connectivity index (χ0n) is 14.3. The monoisotopic (exact) mass is 343 g/mol. The average molecular weight is 343 g/mol. The fraction of sp³-hybridized carbons (Fsp3) is 0.526. The molecule has 1 saturated heterocycles. The summed E-state index contributed by atoms with van der Waals surface area (Å²) in [5.41, 5.74) is 7.38. The van der Waals surface area contributed by atoms with Gasteiger partial charge in [-0.05, 0) is 49.4 Å². The molecule has 134 valence electrons. The number of carbonyl (C=O) groups excluding carboxylic acids is 3. The van der Waals surface area contributed by atoms with Gasteiger partial charge in [0.1, 0.15) is 0 Å². The molecule has 0 radical (unpaired) electrons. The van der Waals surface area contributed by atoms with Crippen LogP contribution in [0.15, 0.2) is 24.3 Å². The Kier molecular flexibility index (Phi) is 5.48. The number of benzene rings is 1. The van der Waals surface area contributed by atoms with Crippen molar-refractivity contribution in [2.75, 3.05) is 6.54 Å². The summed E-state index contributed by atoms with van der Waals surface area (Å²) in [6.07, 6.45) is 5.11. The van der Waals surface area contributed by atoms with Gasteiger partial charge in [0.2, 0.25) is 11.8 Å². The largest absolute Gasteiger partial charge is 0.349 e. The van der Waals surface area contributed by atoms with E-state index in [1.54, 1.807) is 12.1 Å². The van der Waals surface area contributed by atoms with E-state index < -0.39 is 0 Å². The van der Waals surface area contributed by atoms with Crippen LogP contribution in [0.1, 0.15) is 48.0 Å². The van der Waals surface area contributed by atoms with Crippen LogP contribution in [0.25, 0.3) is 0 Å². The SMILES string of the molecule is NCC1CCCCC1NC(=O)c1ccc(CC2CC(=O)NC2=O)cc1. The Labute approximate surface area is 147 Å². The van der Waals surface area contributed by atoms with Crippen LogP contribution in [-0.4, -0.2) is 30.3 Å². The van der Waals surface area contributed by atoms with E-state index >= 15 is 0 Å². The lowest BCUT2D eigenvalue weighted by molar-refractivity contribution is -0.125. The third kappa shape index (κ3) is 4.25. The van der Waals surface area contributed by atoms with Gasteiger partial charge in [-0.2, -0.15) is 0 Å². The lowest BCUT2D eigenvalue weighted by Gasteiger charge is -2.31. The minimum absolute atomic E-state index is 0.0781. The lowest BCUT2D eigenvalue weighted by atomic mass is 9.84. The standard InChI is InChI=1S/C19H25N3O3/c20-11-14-3-1-2-4-16(14)21-18(24)13-7-5-12(6-8-13)9-15-10-17(23)22-19(15)25/h5-8,14-16H,1-4,9-11,20H2,(H,21,24)(H,22,23,25). The maximum absolute atomic E-state index is 12.5. The van der Waals surface area contributed by atoms with Crippen LogP contribution in [0.5, 0.6) is 0 Å². The van der Waals surface area contributed by atoms with Crippen LogP contribution in [0, 0.1) is 11.8 Å². The number of imide groups is 1. The van der Waals surface area contributed by atoms with Crippen molar-refractivity contribution in [1.82, 2.24) is 10.6 Å². The van der Waals surface area contributed by atoms with Crippen LogP contribution < -0.4 is 16.4 Å². The molecule has 1 saturated carbocycles. The number of carbonyl (C=O) groups is 3. The summed E-state index contributed by atoms with van der Waals surface area (Å²) < 4.78 is 0. The molecule has 3 rings (SSSR count). The van der Waals surface area contributed by atoms with Crippen LogP contribution in [0.4, 0.5) is 0 Å². The van der Waals surface area contributed by atoms with Gasteiger partial charge in [-0.3, -0.25) is 19.7 Å². The molecular formula is C19H25N3O3. The number of hydrogen-bond acceptors (Lipinski definition) is 4. The minimum Gasteiger partial charge on any atom is -0.349 e. The highest BCUT2D eigenvalue weighted by Crippen LogP contribution is 2.24. The maximum Gasteiger partial charge on any atom is 0.251 e. The van der Waals surface area contributed by atoms with E-state index in [1.165, 1.54) is 6.42 Å². The molecular weight excluding hydrogens is 318 g/mol. The van der Waals surface area contributed by atoms with Gasteiger partial charge in [-0.1, -0.05) is 25.0 Å². The number of nitrogens with one attached hydrogen (secondary N) is 2. The molecule has 2 aliphatic rings. The summed E-state index contributed by atoms with van der Waals surface area (Å²) in [6.45, 7) is 0.603. The Balaban J connectivity index is 1.58. The molecule has 3 unspecified atom stereocenters. The Morgan fingerprint density at radius 2 is 1.88 bits per heavy atom. The Morgan fingerprint density at radius 3 is 2.52 bits per heavy atom. The predicted octanol–water partition coefficient (Wildman–Crippen LogP) is 1.14. The predicted molar refractivity (Wildman–Crippen MR) is 93.7 cm³/mol. The first-order chi connectivity index (χ1) is 12.1. The van der Waals surface area contributed by atoms with Gasteiger partial charge in [0.05, 0.1) is 5.92 Å². The summed E-state index contributed by atoms with van der Waals surface area (Å²) >= 11 is 0. The molecule has 1 aliphatic carbocycles. The van der Waals surface area contributed by atoms with Crippen molar-refractivity contribution in [2.24, 2.45) is 17.6 Å². The van der Waals surface area contributed by atoms with Crippen molar-refractivity contribution in [3.05, 3.63) is 35.4 Å². The van der Waals surface area contributed by atoms with E-state index in [9.17, 15) is 14.4 Å². The molecule has 1 aliphatic heterocycles. The summed E-state index contributed by atoms with van der Waals surface area (Å²) in [7, 11) is 0. The van der Waals surface area contributed by atoms with Crippen LogP contribution >= 0.6 is 0 Å². The van der Waals surface area contributed by atoms with Gasteiger partial charge in [0, 0.05) is 18.0 Å². The highest BCUT2D eigenvalue weighted by Gasteiger charge is 2.30. The fourth-order valence-corrected chi connectivity index (χ4v) is 3.78. The zero-order valence-corrected chi connectivity index (χ0v) is 14.3. The normalized spacial score (nSPS) is 26.4. The topological polar surface area (TPSA) is 101 Å². The quantitative estimate of drug-likeness (QED) is 0.698. The van der Waals surface area contributed by atoms with Crippen molar-refractivity contribution >= 4 is 17.7 Å². The van der Waals surface area contributed by atoms with Crippen LogP contribution in [0.3, 0.4) is 0 Å². The van der Waals surface area contributed by atoms with Gasteiger partial charge in [0.25, 0.3) is 5.91 Å². The molecule has 6 nitrogen and oxygen atoms in total. The summed E-state index contributed by atoms with van der Waals surface area (Å²) in [5, 5.41) is 5.43. The summed E-state index contributed by atoms with van der Waals surface area (Å²) in [6, 6.07) is 7.41. The van der Waals surface area contributed by atoms with Crippen molar-refractivity contribution in [2.45, 2.75) is 44.6 Å². The average Bonchev–Trinajstić information content (AvgIpc) is 2.93. The Bertz CT molecular complexity index is 656. The van der Waals surface area contributed by atoms with Crippen LogP contribution in [0.2, 0.25) is 0 Å². The van der Waals surface area contributed by atoms with Crippen molar-refractivity contribution in [3.8, 4) is 0 Å². The summed E-state index contributed by atoms with van der Waals surface area (Å²) in [4.78, 5) is 35.3. The molecule has 6 heteroatoms. The van der Waals surface area contributed by atoms with Gasteiger partial charge in [-0.15, -0.1) is 0 Å². The maximum atomic E-state index is 12.5. The molecule has 0 aromatic heterocycles. The van der Waals surface area contributed by atoms with Crippen LogP contribution in [-0.2, 0) is 16.0 Å². The first-order valence-corrected chi connectivity index (χ1v) is 9.00. The molecule has 1 aromatic rings. The van der Waals surface area contributed by atoms with E-state index in [4.69, 9.17) is 5.73 Å². The van der Waals surface area contributed by atoms with E-state index in [-0.39, 0.29) is 36.1 Å². The Morgan fingerprint density at radius 1 is 1.16 bits per heavy atom. The lowest BCUT2D eigenvalue weighted by Crippen LogP contribution is -2.44. The van der Waals surface area contributed by atoms with Gasteiger partial charge in [0.15, 0.2) is 0 Å². The highest BCUT2D eigenvalue weighted by atomic mass is 16.2. The second-order valence-electron chi connectivity index (χ2n) is 7.07. The third-order valence-corrected chi connectivity index (χ3v) is 5.29. The molecule has 3 atom stereocenters. The zero-order chi connectivity index (χ0) is 17.8. The van der Waals surface area contributed by atoms with Crippen molar-refractivity contribution < 1.29 is 14.4 Å². The van der Waals surface area contributed by atoms with Crippen molar-refractivity contribution in [3.63, 3.8) is 0 Å². The van der Waals surface area contributed by atoms with Crippen molar-refractivity contribution in [1.29, 1.82) is 0 Å². The number of rotatable bonds is 5. The second-order valence-corrected chi connectivity index (χ2v) is 7.07. The molecule has 0 bridgehead atoms. The minimum atomic E-state index is -0.306. The van der Waals surface area contributed by atoms with E-state index in [1.807, 2.05) is 12.1 Å². The molecule has 4 N–H and O–H groups in total. The van der Waals surface area contributed by atoms with E-state index in [0.717, 1.165) is 24.8 Å². The van der Waals surface area contributed by atoms with Gasteiger partial charge >= 0.3 is 0 Å². The molecule has 2 fully saturated rings. The molecule has 3 amide bonds. The Hall–Kier alpha value is -2.21. The fourth-order valence-electron chi connectivity index (χ4n) is 3.78. The van der Waals surface area contributed by atoms with Gasteiger partial charge < -0.3 is 11.1 Å². The second kappa shape index (κ2) is 7.78. The summed E-state index contributed by atoms with van der Waals surface area (Å²) in [5.74, 6) is -0.453. The first-order valence-electron chi connectivity index (χ1n) is 9.00.